The maximum atomic E-state index is 5.59. The number of terminal acetylenes is 1. The Labute approximate surface area is 126 Å². The van der Waals surface area contributed by atoms with Crippen molar-refractivity contribution < 1.29 is 4.74 Å². The lowest BCUT2D eigenvalue weighted by Gasteiger charge is -2.44. The molecule has 4 rings (SSSR count). The van der Waals surface area contributed by atoms with Crippen molar-refractivity contribution in [3.05, 3.63) is 23.9 Å². The van der Waals surface area contributed by atoms with Gasteiger partial charge in [-0.1, -0.05) is 5.92 Å². The molecule has 1 aromatic heterocycles. The zero-order valence-corrected chi connectivity index (χ0v) is 12.2. The Morgan fingerprint density at radius 2 is 1.95 bits per heavy atom. The van der Waals surface area contributed by atoms with Crippen LogP contribution in [0.5, 0.6) is 0 Å². The topological polar surface area (TPSA) is 28.6 Å². The Morgan fingerprint density at radius 3 is 2.52 bits per heavy atom. The standard InChI is InChI=1S/C17H21N3O/c1-2-13-3-6-17(18-9-13)19-10-14-4-5-15(11-19)20(14)16-7-8-21-12-16/h1,3,6,9,14-16H,4-5,7-8,10-12H2. The predicted octanol–water partition coefficient (Wildman–Crippen LogP) is 1.50. The average molecular weight is 283 g/mol. The third-order valence-corrected chi connectivity index (χ3v) is 5.10. The van der Waals surface area contributed by atoms with Crippen LogP contribution >= 0.6 is 0 Å². The summed E-state index contributed by atoms with van der Waals surface area (Å²) in [5, 5.41) is 0. The van der Waals surface area contributed by atoms with E-state index >= 15 is 0 Å². The summed E-state index contributed by atoms with van der Waals surface area (Å²) >= 11 is 0. The number of pyridine rings is 1. The van der Waals surface area contributed by atoms with Crippen molar-refractivity contribution in [1.29, 1.82) is 0 Å². The second kappa shape index (κ2) is 5.32. The molecule has 4 heterocycles. The van der Waals surface area contributed by atoms with Crippen LogP contribution in [0.3, 0.4) is 0 Å². The fraction of sp³-hybridized carbons (Fsp3) is 0.588. The molecule has 0 radical (unpaired) electrons. The van der Waals surface area contributed by atoms with Gasteiger partial charge in [-0.15, -0.1) is 6.42 Å². The van der Waals surface area contributed by atoms with Crippen molar-refractivity contribution in [2.45, 2.75) is 37.4 Å². The van der Waals surface area contributed by atoms with Crippen LogP contribution in [0.25, 0.3) is 0 Å². The van der Waals surface area contributed by atoms with Gasteiger partial charge in [-0.25, -0.2) is 4.98 Å². The van der Waals surface area contributed by atoms with Gasteiger partial charge in [0.25, 0.3) is 0 Å². The van der Waals surface area contributed by atoms with Crippen LogP contribution in [0.4, 0.5) is 5.82 Å². The average Bonchev–Trinajstić information content (AvgIpc) is 3.13. The van der Waals surface area contributed by atoms with E-state index in [9.17, 15) is 0 Å². The monoisotopic (exact) mass is 283 g/mol. The molecule has 110 valence electrons. The van der Waals surface area contributed by atoms with Gasteiger partial charge in [-0.3, -0.25) is 4.90 Å². The number of aromatic nitrogens is 1. The molecule has 2 bridgehead atoms. The van der Waals surface area contributed by atoms with E-state index in [1.54, 1.807) is 6.20 Å². The number of piperazine rings is 1. The zero-order chi connectivity index (χ0) is 14.2. The van der Waals surface area contributed by atoms with Crippen LogP contribution in [-0.2, 0) is 4.74 Å². The molecule has 21 heavy (non-hydrogen) atoms. The highest BCUT2D eigenvalue weighted by atomic mass is 16.5. The summed E-state index contributed by atoms with van der Waals surface area (Å²) in [4.78, 5) is 9.69. The molecular formula is C17H21N3O. The number of rotatable bonds is 2. The van der Waals surface area contributed by atoms with Gasteiger partial charge in [0, 0.05) is 49.6 Å². The molecule has 0 spiro atoms. The Kier molecular flexibility index (Phi) is 3.33. The lowest BCUT2D eigenvalue weighted by molar-refractivity contribution is 0.0918. The van der Waals surface area contributed by atoms with E-state index in [2.05, 4.69) is 26.8 Å². The summed E-state index contributed by atoms with van der Waals surface area (Å²) in [6.07, 6.45) is 11.0. The second-order valence-corrected chi connectivity index (χ2v) is 6.30. The van der Waals surface area contributed by atoms with Crippen molar-refractivity contribution in [3.8, 4) is 12.3 Å². The van der Waals surface area contributed by atoms with E-state index in [4.69, 9.17) is 11.2 Å². The largest absolute Gasteiger partial charge is 0.380 e. The minimum absolute atomic E-state index is 0.640. The molecule has 0 aromatic carbocycles. The SMILES string of the molecule is C#Cc1ccc(N2CC3CCC(C2)N3C2CCOC2)nc1. The molecular weight excluding hydrogens is 262 g/mol. The first kappa shape index (κ1) is 13.1. The van der Waals surface area contributed by atoms with Crippen LogP contribution in [0.1, 0.15) is 24.8 Å². The Bertz CT molecular complexity index is 530. The van der Waals surface area contributed by atoms with Gasteiger partial charge >= 0.3 is 0 Å². The molecule has 3 unspecified atom stereocenters. The van der Waals surface area contributed by atoms with Crippen LogP contribution in [0, 0.1) is 12.3 Å². The number of fused-ring (bicyclic) bond motifs is 2. The van der Waals surface area contributed by atoms with Crippen LogP contribution in [0.15, 0.2) is 18.3 Å². The molecule has 3 aliphatic heterocycles. The Balaban J connectivity index is 1.50. The normalized spacial score (nSPS) is 32.3. The summed E-state index contributed by atoms with van der Waals surface area (Å²) in [7, 11) is 0. The lowest BCUT2D eigenvalue weighted by Crippen LogP contribution is -2.57. The molecule has 4 nitrogen and oxygen atoms in total. The van der Waals surface area contributed by atoms with E-state index in [-0.39, 0.29) is 0 Å². The van der Waals surface area contributed by atoms with E-state index in [1.165, 1.54) is 19.3 Å². The minimum atomic E-state index is 0.640. The van der Waals surface area contributed by atoms with Crippen molar-refractivity contribution >= 4 is 5.82 Å². The van der Waals surface area contributed by atoms with E-state index in [0.29, 0.717) is 18.1 Å². The summed E-state index contributed by atoms with van der Waals surface area (Å²) in [5.74, 6) is 3.69. The highest BCUT2D eigenvalue weighted by Crippen LogP contribution is 2.35. The third-order valence-electron chi connectivity index (χ3n) is 5.10. The molecule has 0 aliphatic carbocycles. The molecule has 4 heteroatoms. The quantitative estimate of drug-likeness (QED) is 0.769. The first-order valence-electron chi connectivity index (χ1n) is 7.88. The maximum Gasteiger partial charge on any atom is 0.128 e. The second-order valence-electron chi connectivity index (χ2n) is 6.30. The number of anilines is 1. The fourth-order valence-corrected chi connectivity index (χ4v) is 4.13. The maximum absolute atomic E-state index is 5.59. The summed E-state index contributed by atoms with van der Waals surface area (Å²) in [6, 6.07) is 6.00. The van der Waals surface area contributed by atoms with Crippen LogP contribution < -0.4 is 4.90 Å². The third kappa shape index (κ3) is 2.31. The molecule has 3 atom stereocenters. The van der Waals surface area contributed by atoms with Gasteiger partial charge < -0.3 is 9.64 Å². The molecule has 3 aliphatic rings. The molecule has 1 aromatic rings. The van der Waals surface area contributed by atoms with E-state index < -0.39 is 0 Å². The van der Waals surface area contributed by atoms with Crippen LogP contribution in [0.2, 0.25) is 0 Å². The number of nitrogens with zero attached hydrogens (tertiary/aromatic N) is 3. The molecule has 0 saturated carbocycles. The molecule has 0 N–H and O–H groups in total. The molecule has 3 fully saturated rings. The number of ether oxygens (including phenoxy) is 1. The first-order valence-corrected chi connectivity index (χ1v) is 7.88. The van der Waals surface area contributed by atoms with Gasteiger partial charge in [0.05, 0.1) is 6.61 Å². The highest BCUT2D eigenvalue weighted by Gasteiger charge is 2.44. The smallest absolute Gasteiger partial charge is 0.128 e. The van der Waals surface area contributed by atoms with Crippen LogP contribution in [-0.4, -0.2) is 54.3 Å². The highest BCUT2D eigenvalue weighted by molar-refractivity contribution is 5.44. The zero-order valence-electron chi connectivity index (χ0n) is 12.2. The van der Waals surface area contributed by atoms with Crippen molar-refractivity contribution in [1.82, 2.24) is 9.88 Å². The fourth-order valence-electron chi connectivity index (χ4n) is 4.13. The number of hydrogen-bond acceptors (Lipinski definition) is 4. The van der Waals surface area contributed by atoms with Gasteiger partial charge in [-0.05, 0) is 31.4 Å². The summed E-state index contributed by atoms with van der Waals surface area (Å²) < 4.78 is 5.59. The Hall–Kier alpha value is -1.57. The van der Waals surface area contributed by atoms with Gasteiger partial charge in [0.2, 0.25) is 0 Å². The van der Waals surface area contributed by atoms with Gasteiger partial charge in [0.1, 0.15) is 5.82 Å². The minimum Gasteiger partial charge on any atom is -0.380 e. The van der Waals surface area contributed by atoms with Crippen molar-refractivity contribution in [2.75, 3.05) is 31.2 Å². The molecule has 3 saturated heterocycles. The molecule has 0 amide bonds. The van der Waals surface area contributed by atoms with Gasteiger partial charge in [-0.2, -0.15) is 0 Å². The number of hydrogen-bond donors (Lipinski definition) is 0. The first-order chi connectivity index (χ1) is 10.3. The predicted molar refractivity (Wildman–Crippen MR) is 82.3 cm³/mol. The van der Waals surface area contributed by atoms with E-state index in [0.717, 1.165) is 37.7 Å². The Morgan fingerprint density at radius 1 is 1.14 bits per heavy atom. The lowest BCUT2D eigenvalue weighted by atomic mass is 10.1. The van der Waals surface area contributed by atoms with Crippen molar-refractivity contribution in [3.63, 3.8) is 0 Å². The summed E-state index contributed by atoms with van der Waals surface area (Å²) in [6.45, 7) is 4.01. The van der Waals surface area contributed by atoms with E-state index in [1.807, 2.05) is 6.07 Å². The van der Waals surface area contributed by atoms with Gasteiger partial charge in [0.15, 0.2) is 0 Å². The van der Waals surface area contributed by atoms with Crippen molar-refractivity contribution in [2.24, 2.45) is 0 Å². The summed E-state index contributed by atoms with van der Waals surface area (Å²) in [5.41, 5.74) is 0.850.